The van der Waals surface area contributed by atoms with Gasteiger partial charge in [0.05, 0.1) is 12.7 Å². The van der Waals surface area contributed by atoms with Crippen LogP contribution in [0.2, 0.25) is 0 Å². The fourth-order valence-corrected chi connectivity index (χ4v) is 4.99. The minimum Gasteiger partial charge on any atom is -0.300 e. The number of ketones is 1. The molecule has 4 rings (SSSR count). The second-order valence-corrected chi connectivity index (χ2v) is 9.92. The van der Waals surface area contributed by atoms with Gasteiger partial charge in [-0.3, -0.25) is 4.79 Å². The van der Waals surface area contributed by atoms with Crippen molar-refractivity contribution < 1.29 is 13.6 Å². The van der Waals surface area contributed by atoms with E-state index in [4.69, 9.17) is 0 Å². The molecule has 0 bridgehead atoms. The van der Waals surface area contributed by atoms with Crippen LogP contribution in [0.4, 0.5) is 8.78 Å². The molecule has 0 N–H and O–H groups in total. The highest BCUT2D eigenvalue weighted by molar-refractivity contribution is 5.95. The maximum absolute atomic E-state index is 14.8. The molecule has 0 unspecified atom stereocenters. The normalized spacial score (nSPS) is 15.4. The molecule has 0 radical (unpaired) electrons. The van der Waals surface area contributed by atoms with E-state index in [1.54, 1.807) is 23.7 Å². The van der Waals surface area contributed by atoms with E-state index in [-0.39, 0.29) is 12.3 Å². The van der Waals surface area contributed by atoms with E-state index < -0.39 is 11.5 Å². The molecule has 0 spiro atoms. The fourth-order valence-electron chi connectivity index (χ4n) is 4.99. The molecule has 0 amide bonds. The second kappa shape index (κ2) is 11.4. The van der Waals surface area contributed by atoms with Crippen molar-refractivity contribution in [2.75, 3.05) is 19.6 Å². The van der Waals surface area contributed by atoms with Crippen molar-refractivity contribution >= 4 is 5.78 Å². The highest BCUT2D eigenvalue weighted by atomic mass is 19.1. The van der Waals surface area contributed by atoms with Gasteiger partial charge in [0.15, 0.2) is 5.78 Å². The van der Waals surface area contributed by atoms with E-state index in [1.807, 2.05) is 32.2 Å². The number of nitrogens with zero attached hydrogens (tertiary/aromatic N) is 4. The lowest BCUT2D eigenvalue weighted by Crippen LogP contribution is -2.42. The molecule has 0 atom stereocenters. The highest BCUT2D eigenvalue weighted by Gasteiger charge is 2.30. The maximum atomic E-state index is 14.8. The third-order valence-corrected chi connectivity index (χ3v) is 7.58. The molecule has 0 aliphatic carbocycles. The molecule has 1 aromatic heterocycles. The summed E-state index contributed by atoms with van der Waals surface area (Å²) in [5.74, 6) is -0.0546. The molecule has 1 aliphatic rings. The third kappa shape index (κ3) is 6.06. The standard InChI is InChI=1S/C29H36F2N4O/c1-4-28(36)24-10-11-25(26(30)17-24)18-35-19-27(32-33-35)23-9-7-8-22(16-23)21-12-14-34(15-13-21)20-29(31,5-2)6-3/h7-11,16-17,19,21H,4-6,12-15,18,20H2,1-3H3. The Hall–Kier alpha value is -2.93. The third-order valence-electron chi connectivity index (χ3n) is 7.58. The van der Waals surface area contributed by atoms with E-state index in [1.165, 1.54) is 11.6 Å². The maximum Gasteiger partial charge on any atom is 0.162 e. The fraction of sp³-hybridized carbons (Fsp3) is 0.483. The highest BCUT2D eigenvalue weighted by Crippen LogP contribution is 2.32. The molecule has 192 valence electrons. The minimum atomic E-state index is -1.09. The van der Waals surface area contributed by atoms with Crippen molar-refractivity contribution in [1.29, 1.82) is 0 Å². The van der Waals surface area contributed by atoms with Crippen molar-refractivity contribution in [3.8, 4) is 11.3 Å². The quantitative estimate of drug-likeness (QED) is 0.305. The van der Waals surface area contributed by atoms with Crippen molar-refractivity contribution in [3.05, 3.63) is 71.2 Å². The van der Waals surface area contributed by atoms with Crippen molar-refractivity contribution in [3.63, 3.8) is 0 Å². The van der Waals surface area contributed by atoms with Crippen LogP contribution < -0.4 is 0 Å². The van der Waals surface area contributed by atoms with Crippen LogP contribution in [0.25, 0.3) is 11.3 Å². The molecule has 1 saturated heterocycles. The topological polar surface area (TPSA) is 51.0 Å². The number of rotatable bonds is 10. The van der Waals surface area contributed by atoms with Gasteiger partial charge in [-0.15, -0.1) is 5.10 Å². The average Bonchev–Trinajstić information content (AvgIpc) is 3.38. The molecule has 2 heterocycles. The van der Waals surface area contributed by atoms with Gasteiger partial charge in [0.1, 0.15) is 17.2 Å². The molecular formula is C29H36F2N4O. The molecule has 0 saturated carbocycles. The number of carbonyl (C=O) groups excluding carboxylic acids is 1. The van der Waals surface area contributed by atoms with Gasteiger partial charge in [-0.1, -0.05) is 56.3 Å². The molecule has 2 aromatic carbocycles. The van der Waals surface area contributed by atoms with E-state index >= 15 is 0 Å². The van der Waals surface area contributed by atoms with E-state index in [0.717, 1.165) is 37.2 Å². The summed E-state index contributed by atoms with van der Waals surface area (Å²) in [7, 11) is 0. The van der Waals surface area contributed by atoms with Crippen LogP contribution in [-0.2, 0) is 6.54 Å². The molecule has 1 fully saturated rings. The summed E-state index contributed by atoms with van der Waals surface area (Å²) in [4.78, 5) is 14.1. The van der Waals surface area contributed by atoms with Gasteiger partial charge in [-0.05, 0) is 62.4 Å². The summed E-state index contributed by atoms with van der Waals surface area (Å²) in [6.45, 7) is 8.20. The molecule has 36 heavy (non-hydrogen) atoms. The Labute approximate surface area is 212 Å². The van der Waals surface area contributed by atoms with Crippen LogP contribution in [0.5, 0.6) is 0 Å². The van der Waals surface area contributed by atoms with Gasteiger partial charge in [0, 0.05) is 29.7 Å². The second-order valence-electron chi connectivity index (χ2n) is 9.92. The number of halogens is 2. The zero-order valence-electron chi connectivity index (χ0n) is 21.5. The molecule has 7 heteroatoms. The first-order chi connectivity index (χ1) is 17.3. The number of likely N-dealkylation sites (tertiary alicyclic amines) is 1. The number of carbonyl (C=O) groups is 1. The Bertz CT molecular complexity index is 1180. The first kappa shape index (κ1) is 26.1. The number of alkyl halides is 1. The lowest BCUT2D eigenvalue weighted by Gasteiger charge is -2.36. The van der Waals surface area contributed by atoms with E-state index in [0.29, 0.717) is 42.9 Å². The average molecular weight is 495 g/mol. The summed E-state index contributed by atoms with van der Waals surface area (Å²) >= 11 is 0. The number of benzene rings is 2. The van der Waals surface area contributed by atoms with Crippen molar-refractivity contribution in [1.82, 2.24) is 19.9 Å². The predicted molar refractivity (Wildman–Crippen MR) is 138 cm³/mol. The van der Waals surface area contributed by atoms with Crippen LogP contribution >= 0.6 is 0 Å². The minimum absolute atomic E-state index is 0.0773. The van der Waals surface area contributed by atoms with Crippen LogP contribution in [0.1, 0.15) is 80.3 Å². The van der Waals surface area contributed by atoms with Gasteiger partial charge in [-0.2, -0.15) is 0 Å². The first-order valence-electron chi connectivity index (χ1n) is 13.1. The van der Waals surface area contributed by atoms with Crippen LogP contribution in [0.3, 0.4) is 0 Å². The smallest absolute Gasteiger partial charge is 0.162 e. The number of hydrogen-bond acceptors (Lipinski definition) is 4. The molecule has 3 aromatic rings. The van der Waals surface area contributed by atoms with E-state index in [2.05, 4.69) is 27.3 Å². The zero-order valence-corrected chi connectivity index (χ0v) is 21.5. The van der Waals surface area contributed by atoms with Crippen molar-refractivity contribution in [2.24, 2.45) is 0 Å². The molecular weight excluding hydrogens is 458 g/mol. The van der Waals surface area contributed by atoms with Crippen molar-refractivity contribution in [2.45, 2.75) is 71.0 Å². The van der Waals surface area contributed by atoms with Crippen LogP contribution in [-0.4, -0.2) is 51.0 Å². The summed E-state index contributed by atoms with van der Waals surface area (Å²) in [6.07, 6.45) is 5.30. The number of hydrogen-bond donors (Lipinski definition) is 0. The predicted octanol–water partition coefficient (Wildman–Crippen LogP) is 6.43. The van der Waals surface area contributed by atoms with Gasteiger partial charge in [-0.25, -0.2) is 13.5 Å². The largest absolute Gasteiger partial charge is 0.300 e. The lowest BCUT2D eigenvalue weighted by molar-refractivity contribution is 0.0702. The SMILES string of the molecule is CCC(=O)c1ccc(Cn2cc(-c3cccc(C4CCN(CC(F)(CC)CC)CC4)c3)nn2)c(F)c1. The Balaban J connectivity index is 1.40. The first-order valence-corrected chi connectivity index (χ1v) is 13.1. The Morgan fingerprint density at radius 2 is 1.83 bits per heavy atom. The molecule has 5 nitrogen and oxygen atoms in total. The summed E-state index contributed by atoms with van der Waals surface area (Å²) in [5.41, 5.74) is 2.74. The van der Waals surface area contributed by atoms with Gasteiger partial charge in [0.2, 0.25) is 0 Å². The zero-order chi connectivity index (χ0) is 25.7. The summed E-state index contributed by atoms with van der Waals surface area (Å²) < 4.78 is 31.0. The summed E-state index contributed by atoms with van der Waals surface area (Å²) in [5, 5.41) is 8.51. The number of piperidine rings is 1. The lowest BCUT2D eigenvalue weighted by atomic mass is 9.87. The van der Waals surface area contributed by atoms with Gasteiger partial charge in [0.25, 0.3) is 0 Å². The Kier molecular flexibility index (Phi) is 8.29. The monoisotopic (exact) mass is 494 g/mol. The van der Waals surface area contributed by atoms with Crippen LogP contribution in [0.15, 0.2) is 48.7 Å². The van der Waals surface area contributed by atoms with Gasteiger partial charge < -0.3 is 4.90 Å². The van der Waals surface area contributed by atoms with E-state index in [9.17, 15) is 13.6 Å². The Morgan fingerprint density at radius 1 is 1.08 bits per heavy atom. The number of Topliss-reactive ketones (excluding diaryl/α,β-unsaturated/α-hetero) is 1. The molecule has 1 aliphatic heterocycles. The number of aromatic nitrogens is 3. The summed E-state index contributed by atoms with van der Waals surface area (Å²) in [6, 6.07) is 13.0. The van der Waals surface area contributed by atoms with Crippen LogP contribution in [0, 0.1) is 5.82 Å². The Morgan fingerprint density at radius 3 is 2.50 bits per heavy atom. The van der Waals surface area contributed by atoms with Gasteiger partial charge >= 0.3 is 0 Å².